The van der Waals surface area contributed by atoms with Crippen molar-refractivity contribution in [3.63, 3.8) is 0 Å². The Hall–Kier alpha value is -2.38. The molecule has 2 aliphatic heterocycles. The maximum atomic E-state index is 12.9. The van der Waals surface area contributed by atoms with Crippen LogP contribution in [0.3, 0.4) is 0 Å². The second-order valence-electron chi connectivity index (χ2n) is 8.75. The van der Waals surface area contributed by atoms with E-state index in [1.54, 1.807) is 30.0 Å². The van der Waals surface area contributed by atoms with E-state index in [0.29, 0.717) is 12.5 Å². The molecule has 1 saturated heterocycles. The van der Waals surface area contributed by atoms with Gasteiger partial charge in [0.05, 0.1) is 4.90 Å². The number of fused-ring (bicyclic) bond motifs is 1. The second kappa shape index (κ2) is 9.01. The van der Waals surface area contributed by atoms with Gasteiger partial charge in [0.2, 0.25) is 15.9 Å². The van der Waals surface area contributed by atoms with Crippen molar-refractivity contribution in [3.8, 4) is 0 Å². The molecule has 6 nitrogen and oxygen atoms in total. The van der Waals surface area contributed by atoms with Crippen molar-refractivity contribution < 1.29 is 13.2 Å². The smallest absolute Gasteiger partial charge is 0.240 e. The molecule has 1 N–H and O–H groups in total. The van der Waals surface area contributed by atoms with Crippen LogP contribution >= 0.6 is 0 Å². The number of hydrogen-bond acceptors (Lipinski definition) is 4. The zero-order chi connectivity index (χ0) is 22.0. The quantitative estimate of drug-likeness (QED) is 0.768. The van der Waals surface area contributed by atoms with Crippen LogP contribution in [0.4, 0.5) is 11.4 Å². The van der Waals surface area contributed by atoms with E-state index in [4.69, 9.17) is 0 Å². The predicted molar refractivity (Wildman–Crippen MR) is 124 cm³/mol. The third kappa shape index (κ3) is 4.93. The molecule has 4 rings (SSSR count). The number of nitrogens with zero attached hydrogens (tertiary/aromatic N) is 2. The van der Waals surface area contributed by atoms with Gasteiger partial charge in [-0.15, -0.1) is 0 Å². The van der Waals surface area contributed by atoms with Crippen molar-refractivity contribution in [1.29, 1.82) is 0 Å². The Morgan fingerprint density at radius 2 is 1.87 bits per heavy atom. The molecule has 1 amide bonds. The van der Waals surface area contributed by atoms with Crippen LogP contribution in [0.5, 0.6) is 0 Å². The first-order valence-corrected chi connectivity index (χ1v) is 12.6. The van der Waals surface area contributed by atoms with Gasteiger partial charge in [-0.1, -0.05) is 19.1 Å². The maximum Gasteiger partial charge on any atom is 0.240 e. The van der Waals surface area contributed by atoms with Crippen molar-refractivity contribution in [1.82, 2.24) is 4.72 Å². The van der Waals surface area contributed by atoms with E-state index in [-0.39, 0.29) is 17.3 Å². The lowest BCUT2D eigenvalue weighted by Crippen LogP contribution is -2.34. The number of amides is 1. The lowest BCUT2D eigenvalue weighted by atomic mass is 9.99. The molecule has 2 heterocycles. The van der Waals surface area contributed by atoms with Gasteiger partial charge < -0.3 is 9.80 Å². The van der Waals surface area contributed by atoms with Crippen molar-refractivity contribution in [2.45, 2.75) is 51.0 Å². The van der Waals surface area contributed by atoms with Crippen LogP contribution in [0, 0.1) is 5.92 Å². The van der Waals surface area contributed by atoms with Crippen molar-refractivity contribution in [3.05, 3.63) is 53.6 Å². The molecule has 1 unspecified atom stereocenters. The molecule has 0 radical (unpaired) electrons. The first-order valence-electron chi connectivity index (χ1n) is 11.1. The molecule has 0 aliphatic carbocycles. The van der Waals surface area contributed by atoms with Gasteiger partial charge in [-0.25, -0.2) is 13.1 Å². The molecule has 0 aromatic heterocycles. The molecule has 1 atom stereocenters. The number of carbonyl (C=O) groups excluding carboxylic acids is 1. The number of sulfonamides is 1. The number of rotatable bonds is 5. The van der Waals surface area contributed by atoms with Gasteiger partial charge in [0.25, 0.3) is 0 Å². The van der Waals surface area contributed by atoms with E-state index in [0.717, 1.165) is 42.7 Å². The lowest BCUT2D eigenvalue weighted by Gasteiger charge is -2.32. The van der Waals surface area contributed by atoms with E-state index < -0.39 is 10.0 Å². The largest absolute Gasteiger partial charge is 0.371 e. The average molecular weight is 442 g/mol. The molecule has 1 fully saturated rings. The van der Waals surface area contributed by atoms with Gasteiger partial charge in [0.15, 0.2) is 0 Å². The summed E-state index contributed by atoms with van der Waals surface area (Å²) >= 11 is 0. The summed E-state index contributed by atoms with van der Waals surface area (Å²) in [5.41, 5.74) is 3.85. The number of benzene rings is 2. The van der Waals surface area contributed by atoms with E-state index in [1.165, 1.54) is 18.5 Å². The molecule has 7 heteroatoms. The third-order valence-corrected chi connectivity index (χ3v) is 7.68. The predicted octanol–water partition coefficient (Wildman–Crippen LogP) is 3.70. The number of anilines is 2. The van der Waals surface area contributed by atoms with Crippen molar-refractivity contribution >= 4 is 27.3 Å². The standard InChI is InChI=1S/C24H31N3O3S/c1-18-5-3-13-26(17-18)22-9-7-20(8-10-22)16-25-31(29,30)23-11-12-24-21(15-23)6-4-14-27(24)19(2)28/h7-12,15,18,25H,3-6,13-14,16-17H2,1-2H3. The Morgan fingerprint density at radius 1 is 1.10 bits per heavy atom. The van der Waals surface area contributed by atoms with Crippen LogP contribution in [0.25, 0.3) is 0 Å². The van der Waals surface area contributed by atoms with E-state index in [9.17, 15) is 13.2 Å². The van der Waals surface area contributed by atoms with E-state index >= 15 is 0 Å². The summed E-state index contributed by atoms with van der Waals surface area (Å²) in [4.78, 5) is 16.2. The third-order valence-electron chi connectivity index (χ3n) is 6.28. The summed E-state index contributed by atoms with van der Waals surface area (Å²) in [6.07, 6.45) is 4.12. The SMILES string of the molecule is CC(=O)N1CCCc2cc(S(=O)(=O)NCc3ccc(N4CCCC(C)C4)cc3)ccc21. The Bertz CT molecular complexity index is 1050. The van der Waals surface area contributed by atoms with Crippen LogP contribution in [-0.2, 0) is 27.8 Å². The fourth-order valence-electron chi connectivity index (χ4n) is 4.58. The topological polar surface area (TPSA) is 69.7 Å². The summed E-state index contributed by atoms with van der Waals surface area (Å²) in [5.74, 6) is 0.691. The fraction of sp³-hybridized carbons (Fsp3) is 0.458. The number of nitrogens with one attached hydrogen (secondary N) is 1. The van der Waals surface area contributed by atoms with Crippen LogP contribution in [0.2, 0.25) is 0 Å². The van der Waals surface area contributed by atoms with Gasteiger partial charge >= 0.3 is 0 Å². The molecular weight excluding hydrogens is 410 g/mol. The Labute approximate surface area is 185 Å². The molecule has 31 heavy (non-hydrogen) atoms. The summed E-state index contributed by atoms with van der Waals surface area (Å²) in [7, 11) is -3.63. The van der Waals surface area contributed by atoms with Crippen molar-refractivity contribution in [2.24, 2.45) is 5.92 Å². The number of piperidine rings is 1. The normalized spacial score (nSPS) is 19.2. The minimum atomic E-state index is -3.63. The highest BCUT2D eigenvalue weighted by Gasteiger charge is 2.23. The van der Waals surface area contributed by atoms with Crippen LogP contribution < -0.4 is 14.5 Å². The highest BCUT2D eigenvalue weighted by atomic mass is 32.2. The van der Waals surface area contributed by atoms with E-state index in [2.05, 4.69) is 28.7 Å². The van der Waals surface area contributed by atoms with Crippen LogP contribution in [-0.4, -0.2) is 34.0 Å². The zero-order valence-electron chi connectivity index (χ0n) is 18.3. The van der Waals surface area contributed by atoms with Gasteiger partial charge in [0, 0.05) is 44.5 Å². The highest BCUT2D eigenvalue weighted by Crippen LogP contribution is 2.29. The summed E-state index contributed by atoms with van der Waals surface area (Å²) in [6, 6.07) is 13.2. The highest BCUT2D eigenvalue weighted by molar-refractivity contribution is 7.89. The molecular formula is C24H31N3O3S. The molecule has 0 spiro atoms. The minimum absolute atomic E-state index is 0.0165. The molecule has 2 aliphatic rings. The summed E-state index contributed by atoms with van der Waals surface area (Å²) < 4.78 is 28.4. The first-order chi connectivity index (χ1) is 14.8. The minimum Gasteiger partial charge on any atom is -0.371 e. The Balaban J connectivity index is 1.43. The van der Waals surface area contributed by atoms with Crippen LogP contribution in [0.1, 0.15) is 44.2 Å². The monoisotopic (exact) mass is 441 g/mol. The lowest BCUT2D eigenvalue weighted by molar-refractivity contribution is -0.116. The zero-order valence-corrected chi connectivity index (χ0v) is 19.1. The molecule has 2 aromatic rings. The number of aryl methyl sites for hydroxylation is 1. The number of hydrogen-bond donors (Lipinski definition) is 1. The van der Waals surface area contributed by atoms with E-state index in [1.807, 2.05) is 12.1 Å². The Kier molecular flexibility index (Phi) is 6.34. The summed E-state index contributed by atoms with van der Waals surface area (Å²) in [6.45, 7) is 6.90. The molecule has 0 saturated carbocycles. The summed E-state index contributed by atoms with van der Waals surface area (Å²) in [5, 5.41) is 0. The molecule has 2 aromatic carbocycles. The first kappa shape index (κ1) is 21.8. The Morgan fingerprint density at radius 3 is 2.58 bits per heavy atom. The number of carbonyl (C=O) groups is 1. The van der Waals surface area contributed by atoms with Gasteiger partial charge in [-0.3, -0.25) is 4.79 Å². The molecule has 0 bridgehead atoms. The van der Waals surface area contributed by atoms with Gasteiger partial charge in [-0.05, 0) is 73.1 Å². The maximum absolute atomic E-state index is 12.9. The average Bonchev–Trinajstić information content (AvgIpc) is 2.77. The fourth-order valence-corrected chi connectivity index (χ4v) is 5.65. The van der Waals surface area contributed by atoms with Gasteiger partial charge in [0.1, 0.15) is 0 Å². The molecule has 166 valence electrons. The second-order valence-corrected chi connectivity index (χ2v) is 10.5. The van der Waals surface area contributed by atoms with Crippen molar-refractivity contribution in [2.75, 3.05) is 29.4 Å². The van der Waals surface area contributed by atoms with Gasteiger partial charge in [-0.2, -0.15) is 0 Å². The van der Waals surface area contributed by atoms with Crippen LogP contribution in [0.15, 0.2) is 47.4 Å².